The Kier molecular flexibility index (Phi) is 5.10. The Morgan fingerprint density at radius 3 is 1.45 bits per heavy atom. The van der Waals surface area contributed by atoms with Crippen LogP contribution in [-0.2, 0) is 0 Å². The zero-order valence-corrected chi connectivity index (χ0v) is 21.5. The van der Waals surface area contributed by atoms with Crippen molar-refractivity contribution in [2.24, 2.45) is 0 Å². The Labute approximate surface area is 230 Å². The molecule has 0 aliphatic rings. The fourth-order valence-corrected chi connectivity index (χ4v) is 5.44. The number of fused-ring (bicyclic) bond motifs is 4. The maximum absolute atomic E-state index is 5.10. The number of pyridine rings is 2. The molecule has 186 valence electrons. The first-order valence-corrected chi connectivity index (χ1v) is 13.3. The smallest absolute Gasteiger partial charge is 0.160 e. The zero-order chi connectivity index (χ0) is 26.5. The number of aromatic nitrogens is 4. The van der Waals surface area contributed by atoms with E-state index >= 15 is 0 Å². The molecule has 0 unspecified atom stereocenters. The molecule has 3 aromatic heterocycles. The molecule has 40 heavy (non-hydrogen) atoms. The van der Waals surface area contributed by atoms with Crippen molar-refractivity contribution in [1.29, 1.82) is 0 Å². The molecule has 0 saturated heterocycles. The minimum absolute atomic E-state index is 0.701. The van der Waals surface area contributed by atoms with Gasteiger partial charge in [-0.1, -0.05) is 60.7 Å². The summed E-state index contributed by atoms with van der Waals surface area (Å²) in [4.78, 5) is 18.7. The largest absolute Gasteiger partial charge is 0.264 e. The van der Waals surface area contributed by atoms with E-state index in [-0.39, 0.29) is 0 Å². The molecule has 0 saturated carbocycles. The molecule has 0 radical (unpaired) electrons. The molecule has 0 N–H and O–H groups in total. The van der Waals surface area contributed by atoms with Crippen molar-refractivity contribution in [2.45, 2.75) is 0 Å². The summed E-state index contributed by atoms with van der Waals surface area (Å²) in [5, 5.41) is 9.29. The van der Waals surface area contributed by atoms with Crippen LogP contribution in [0.15, 0.2) is 134 Å². The van der Waals surface area contributed by atoms with E-state index in [0.717, 1.165) is 49.6 Å². The maximum Gasteiger partial charge on any atom is 0.160 e. The summed E-state index contributed by atoms with van der Waals surface area (Å²) < 4.78 is 0. The van der Waals surface area contributed by atoms with Crippen molar-refractivity contribution in [3.05, 3.63) is 134 Å². The fourth-order valence-electron chi connectivity index (χ4n) is 5.44. The van der Waals surface area contributed by atoms with Crippen molar-refractivity contribution in [1.82, 2.24) is 19.9 Å². The second-order valence-corrected chi connectivity index (χ2v) is 10.1. The van der Waals surface area contributed by atoms with Crippen molar-refractivity contribution >= 4 is 43.1 Å². The van der Waals surface area contributed by atoms with Gasteiger partial charge in [-0.05, 0) is 80.8 Å². The molecule has 0 aliphatic heterocycles. The Morgan fingerprint density at radius 2 is 0.825 bits per heavy atom. The first-order chi connectivity index (χ1) is 19.8. The van der Waals surface area contributed by atoms with Crippen LogP contribution in [0.2, 0.25) is 0 Å². The minimum Gasteiger partial charge on any atom is -0.264 e. The highest BCUT2D eigenvalue weighted by Gasteiger charge is 2.13. The zero-order valence-electron chi connectivity index (χ0n) is 21.5. The van der Waals surface area contributed by atoms with Gasteiger partial charge in [0.05, 0.1) is 11.4 Å². The summed E-state index contributed by atoms with van der Waals surface area (Å²) in [6.45, 7) is 0. The summed E-state index contributed by atoms with van der Waals surface area (Å²) in [7, 11) is 0. The van der Waals surface area contributed by atoms with Gasteiger partial charge in [0, 0.05) is 52.3 Å². The predicted molar refractivity (Wildman–Crippen MR) is 164 cm³/mol. The second-order valence-electron chi connectivity index (χ2n) is 10.1. The molecular weight excluding hydrogens is 488 g/mol. The van der Waals surface area contributed by atoms with E-state index in [1.54, 1.807) is 0 Å². The molecule has 3 heterocycles. The average molecular weight is 511 g/mol. The van der Waals surface area contributed by atoms with Crippen LogP contribution in [0.25, 0.3) is 77.0 Å². The predicted octanol–water partition coefficient (Wildman–Crippen LogP) is 8.88. The highest BCUT2D eigenvalue weighted by molar-refractivity contribution is 5.99. The third kappa shape index (κ3) is 3.94. The number of nitrogens with zero attached hydrogens (tertiary/aromatic N) is 4. The van der Waals surface area contributed by atoms with Crippen molar-refractivity contribution < 1.29 is 0 Å². The van der Waals surface area contributed by atoms with Crippen LogP contribution >= 0.6 is 0 Å². The van der Waals surface area contributed by atoms with Gasteiger partial charge in [-0.2, -0.15) is 0 Å². The first-order valence-electron chi connectivity index (χ1n) is 13.3. The van der Waals surface area contributed by atoms with E-state index in [1.165, 1.54) is 21.5 Å². The number of rotatable bonds is 3. The summed E-state index contributed by atoms with van der Waals surface area (Å²) in [6, 6.07) is 38.4. The standard InChI is InChI=1S/C36H22N4/c1-2-4-24-18-33-19-30(8-5-25(33)15-23(24)3-1)36-39-34(28-6-9-31-21-37-13-11-26(31)16-28)20-35(40-36)29-7-10-32-22-38-14-12-27(32)17-29/h1-22H. The summed E-state index contributed by atoms with van der Waals surface area (Å²) in [6.07, 6.45) is 7.43. The monoisotopic (exact) mass is 510 g/mol. The van der Waals surface area contributed by atoms with Crippen LogP contribution in [0.3, 0.4) is 0 Å². The molecule has 0 spiro atoms. The lowest BCUT2D eigenvalue weighted by Gasteiger charge is -2.11. The van der Waals surface area contributed by atoms with Gasteiger partial charge in [0.15, 0.2) is 5.82 Å². The summed E-state index contributed by atoms with van der Waals surface area (Å²) in [5.41, 5.74) is 4.83. The number of hydrogen-bond acceptors (Lipinski definition) is 4. The SMILES string of the molecule is c1ccc2cc3cc(-c4nc(-c5ccc6cnccc6c5)cc(-c5ccc6cnccc6c5)n4)ccc3cc2c1. The lowest BCUT2D eigenvalue weighted by atomic mass is 10.0. The Morgan fingerprint density at radius 1 is 0.350 bits per heavy atom. The molecule has 4 nitrogen and oxygen atoms in total. The van der Waals surface area contributed by atoms with Gasteiger partial charge in [-0.15, -0.1) is 0 Å². The summed E-state index contributed by atoms with van der Waals surface area (Å²) in [5.74, 6) is 0.701. The average Bonchev–Trinajstić information content (AvgIpc) is 3.02. The van der Waals surface area contributed by atoms with E-state index in [2.05, 4.69) is 107 Å². The Bertz CT molecular complexity index is 2140. The van der Waals surface area contributed by atoms with Gasteiger partial charge in [0.1, 0.15) is 0 Å². The molecule has 0 amide bonds. The lowest BCUT2D eigenvalue weighted by Crippen LogP contribution is -1.96. The third-order valence-electron chi connectivity index (χ3n) is 7.56. The molecule has 4 heteroatoms. The van der Waals surface area contributed by atoms with Gasteiger partial charge >= 0.3 is 0 Å². The molecule has 0 bridgehead atoms. The first kappa shape index (κ1) is 22.5. The van der Waals surface area contributed by atoms with Crippen LogP contribution < -0.4 is 0 Å². The highest BCUT2D eigenvalue weighted by atomic mass is 14.9. The molecule has 8 aromatic rings. The van der Waals surface area contributed by atoms with Gasteiger partial charge < -0.3 is 0 Å². The topological polar surface area (TPSA) is 51.6 Å². The maximum atomic E-state index is 5.10. The van der Waals surface area contributed by atoms with Gasteiger partial charge in [0.2, 0.25) is 0 Å². The lowest BCUT2D eigenvalue weighted by molar-refractivity contribution is 1.19. The normalized spacial score (nSPS) is 11.5. The molecule has 0 fully saturated rings. The summed E-state index contributed by atoms with van der Waals surface area (Å²) >= 11 is 0. The van der Waals surface area contributed by atoms with Crippen LogP contribution in [0.5, 0.6) is 0 Å². The second kappa shape index (κ2) is 9.07. The van der Waals surface area contributed by atoms with Crippen LogP contribution in [0.4, 0.5) is 0 Å². The number of hydrogen-bond donors (Lipinski definition) is 0. The molecule has 0 aliphatic carbocycles. The van der Waals surface area contributed by atoms with E-state index in [9.17, 15) is 0 Å². The fraction of sp³-hybridized carbons (Fsp3) is 0. The molecule has 5 aromatic carbocycles. The number of benzene rings is 5. The van der Waals surface area contributed by atoms with Crippen LogP contribution in [0.1, 0.15) is 0 Å². The van der Waals surface area contributed by atoms with Crippen molar-refractivity contribution in [3.63, 3.8) is 0 Å². The Balaban J connectivity index is 1.33. The van der Waals surface area contributed by atoms with Crippen molar-refractivity contribution in [3.8, 4) is 33.9 Å². The van der Waals surface area contributed by atoms with E-state index < -0.39 is 0 Å². The Hall–Kier alpha value is -5.48. The minimum atomic E-state index is 0.701. The van der Waals surface area contributed by atoms with Gasteiger partial charge in [-0.3, -0.25) is 9.97 Å². The van der Waals surface area contributed by atoms with E-state index in [4.69, 9.17) is 9.97 Å². The quantitative estimate of drug-likeness (QED) is 0.223. The molecular formula is C36H22N4. The van der Waals surface area contributed by atoms with Crippen molar-refractivity contribution in [2.75, 3.05) is 0 Å². The molecule has 0 atom stereocenters. The highest BCUT2D eigenvalue weighted by Crippen LogP contribution is 2.32. The van der Waals surface area contributed by atoms with Gasteiger partial charge in [-0.25, -0.2) is 9.97 Å². The van der Waals surface area contributed by atoms with E-state index in [1.807, 2.05) is 36.9 Å². The molecule has 8 rings (SSSR count). The third-order valence-corrected chi connectivity index (χ3v) is 7.56. The van der Waals surface area contributed by atoms with E-state index in [0.29, 0.717) is 5.82 Å². The van der Waals surface area contributed by atoms with Gasteiger partial charge in [0.25, 0.3) is 0 Å². The van der Waals surface area contributed by atoms with Crippen LogP contribution in [-0.4, -0.2) is 19.9 Å². The van der Waals surface area contributed by atoms with Crippen LogP contribution in [0, 0.1) is 0 Å².